The number of amides is 2. The Morgan fingerprint density at radius 3 is 2.43 bits per heavy atom. The number of rotatable bonds is 1. The lowest BCUT2D eigenvalue weighted by molar-refractivity contribution is -0.0293. The molecule has 0 saturated heterocycles. The molecule has 0 heterocycles. The zero-order chi connectivity index (χ0) is 5.86. The molecule has 0 aromatic carbocycles. The van der Waals surface area contributed by atoms with Crippen molar-refractivity contribution in [1.82, 2.24) is 5.06 Å². The van der Waals surface area contributed by atoms with Gasteiger partial charge in [0.25, 0.3) is 0 Å². The largest absolute Gasteiger partial charge is 0.350 e. The van der Waals surface area contributed by atoms with Gasteiger partial charge in [-0.2, -0.15) is 0 Å². The van der Waals surface area contributed by atoms with Crippen molar-refractivity contribution in [2.24, 2.45) is 5.73 Å². The van der Waals surface area contributed by atoms with Crippen molar-refractivity contribution in [2.45, 2.75) is 0 Å². The average Bonchev–Trinajstić information content (AvgIpc) is 1.65. The van der Waals surface area contributed by atoms with Crippen LogP contribution in [0.15, 0.2) is 0 Å². The summed E-state index contributed by atoms with van der Waals surface area (Å²) in [5.74, 6) is 0. The first-order valence-corrected chi connectivity index (χ1v) is 1.73. The fourth-order valence-electron chi connectivity index (χ4n) is 0.110. The van der Waals surface area contributed by atoms with Gasteiger partial charge in [0, 0.05) is 0 Å². The number of carbonyl (C=O) groups excluding carboxylic acids is 1. The summed E-state index contributed by atoms with van der Waals surface area (Å²) in [5.41, 5.74) is 4.54. The Labute approximate surface area is 41.5 Å². The molecule has 0 saturated carbocycles. The molecule has 0 unspecified atom stereocenters. The molecule has 0 bridgehead atoms. The second-order valence-corrected chi connectivity index (χ2v) is 0.961. The van der Waals surface area contributed by atoms with Crippen LogP contribution in [0.3, 0.4) is 0 Å². The van der Waals surface area contributed by atoms with Gasteiger partial charge in [-0.1, -0.05) is 0 Å². The van der Waals surface area contributed by atoms with Gasteiger partial charge in [0.1, 0.15) is 0 Å². The van der Waals surface area contributed by atoms with Gasteiger partial charge >= 0.3 is 6.03 Å². The fourth-order valence-corrected chi connectivity index (χ4v) is 0.110. The minimum absolute atomic E-state index is 0.0185. The van der Waals surface area contributed by atoms with Crippen LogP contribution in [0, 0.1) is 6.92 Å². The van der Waals surface area contributed by atoms with Crippen LogP contribution in [0.25, 0.3) is 0 Å². The van der Waals surface area contributed by atoms with Crippen LogP contribution in [0.2, 0.25) is 0 Å². The van der Waals surface area contributed by atoms with E-state index in [0.29, 0.717) is 5.06 Å². The van der Waals surface area contributed by atoms with Crippen LogP contribution in [-0.2, 0) is 0 Å². The topological polar surface area (TPSA) is 66.6 Å². The second-order valence-electron chi connectivity index (χ2n) is 0.961. The zero-order valence-corrected chi connectivity index (χ0v) is 3.79. The monoisotopic (exact) mass is 103 g/mol. The first-order valence-electron chi connectivity index (χ1n) is 1.73. The Bertz CT molecular complexity index is 73.3. The number of urea groups is 1. The summed E-state index contributed by atoms with van der Waals surface area (Å²) in [6, 6.07) is -0.880. The van der Waals surface area contributed by atoms with Crippen LogP contribution < -0.4 is 5.73 Å². The summed E-state index contributed by atoms with van der Waals surface area (Å²) in [5, 5.41) is 8.55. The molecule has 0 spiro atoms. The van der Waals surface area contributed by atoms with E-state index < -0.39 is 6.03 Å². The molecule has 41 valence electrons. The molecule has 3 N–H and O–H groups in total. The molecular formula is C3H7N2O2. The summed E-state index contributed by atoms with van der Waals surface area (Å²) in [4.78, 5) is 9.79. The van der Waals surface area contributed by atoms with Crippen LogP contribution in [0.4, 0.5) is 4.79 Å². The summed E-state index contributed by atoms with van der Waals surface area (Å²) in [7, 11) is 0. The number of hydrogen-bond acceptors (Lipinski definition) is 2. The first-order chi connectivity index (χ1) is 3.18. The SMILES string of the molecule is [CH2]CN(O)C(N)=O. The Kier molecular flexibility index (Phi) is 2.15. The highest BCUT2D eigenvalue weighted by molar-refractivity contribution is 5.70. The van der Waals surface area contributed by atoms with Crippen LogP contribution in [-0.4, -0.2) is 22.8 Å². The van der Waals surface area contributed by atoms with E-state index in [2.05, 4.69) is 12.7 Å². The van der Waals surface area contributed by atoms with E-state index in [1.54, 1.807) is 0 Å². The van der Waals surface area contributed by atoms with E-state index in [4.69, 9.17) is 5.21 Å². The maximum atomic E-state index is 9.79. The van der Waals surface area contributed by atoms with Crippen molar-refractivity contribution in [1.29, 1.82) is 0 Å². The molecule has 0 aromatic rings. The first kappa shape index (κ1) is 6.23. The van der Waals surface area contributed by atoms with Gasteiger partial charge in [0.2, 0.25) is 0 Å². The van der Waals surface area contributed by atoms with Crippen molar-refractivity contribution >= 4 is 6.03 Å². The van der Waals surface area contributed by atoms with Crippen LogP contribution in [0.5, 0.6) is 0 Å². The molecule has 0 aliphatic heterocycles. The maximum absolute atomic E-state index is 9.79. The third kappa shape index (κ3) is 1.99. The molecule has 0 aliphatic rings. The van der Waals surface area contributed by atoms with Gasteiger partial charge in [-0.05, 0) is 6.92 Å². The molecule has 7 heavy (non-hydrogen) atoms. The van der Waals surface area contributed by atoms with Crippen molar-refractivity contribution in [3.8, 4) is 0 Å². The molecular weight excluding hydrogens is 96.0 g/mol. The highest BCUT2D eigenvalue weighted by Gasteiger charge is 1.97. The third-order valence-corrected chi connectivity index (χ3v) is 0.466. The van der Waals surface area contributed by atoms with Gasteiger partial charge in [-0.15, -0.1) is 0 Å². The smallest absolute Gasteiger partial charge is 0.338 e. The fraction of sp³-hybridized carbons (Fsp3) is 0.333. The Hall–Kier alpha value is -0.770. The van der Waals surface area contributed by atoms with Gasteiger partial charge in [-0.25, -0.2) is 9.86 Å². The Morgan fingerprint density at radius 1 is 2.00 bits per heavy atom. The third-order valence-electron chi connectivity index (χ3n) is 0.466. The number of hydroxylamine groups is 2. The highest BCUT2D eigenvalue weighted by Crippen LogP contribution is 1.73. The molecule has 0 atom stereocenters. The molecule has 2 amide bonds. The zero-order valence-electron chi connectivity index (χ0n) is 3.79. The lowest BCUT2D eigenvalue weighted by Gasteiger charge is -2.05. The van der Waals surface area contributed by atoms with E-state index in [0.717, 1.165) is 0 Å². The lowest BCUT2D eigenvalue weighted by atomic mass is 10.7. The van der Waals surface area contributed by atoms with E-state index >= 15 is 0 Å². The van der Waals surface area contributed by atoms with Crippen molar-refractivity contribution in [3.63, 3.8) is 0 Å². The molecule has 1 radical (unpaired) electrons. The molecule has 4 heteroatoms. The maximum Gasteiger partial charge on any atom is 0.338 e. The van der Waals surface area contributed by atoms with Gasteiger partial charge in [0.05, 0.1) is 6.54 Å². The van der Waals surface area contributed by atoms with Crippen molar-refractivity contribution < 1.29 is 10.0 Å². The van der Waals surface area contributed by atoms with E-state index in [1.165, 1.54) is 0 Å². The van der Waals surface area contributed by atoms with E-state index in [9.17, 15) is 4.79 Å². The van der Waals surface area contributed by atoms with Gasteiger partial charge in [0.15, 0.2) is 0 Å². The summed E-state index contributed by atoms with van der Waals surface area (Å²) in [6.45, 7) is 3.16. The molecule has 4 nitrogen and oxygen atoms in total. The molecule has 0 aromatic heterocycles. The van der Waals surface area contributed by atoms with Gasteiger partial charge < -0.3 is 5.73 Å². The Balaban J connectivity index is 3.34. The predicted molar refractivity (Wildman–Crippen MR) is 23.4 cm³/mol. The summed E-state index contributed by atoms with van der Waals surface area (Å²) >= 11 is 0. The van der Waals surface area contributed by atoms with Crippen LogP contribution in [0.1, 0.15) is 0 Å². The number of nitrogens with two attached hydrogens (primary N) is 1. The molecule has 0 aliphatic carbocycles. The predicted octanol–water partition coefficient (Wildman–Crippen LogP) is -0.410. The minimum Gasteiger partial charge on any atom is -0.350 e. The number of hydrogen-bond donors (Lipinski definition) is 2. The summed E-state index contributed by atoms with van der Waals surface area (Å²) in [6.07, 6.45) is 0. The highest BCUT2D eigenvalue weighted by atomic mass is 16.5. The summed E-state index contributed by atoms with van der Waals surface area (Å²) < 4.78 is 0. The normalized spacial score (nSPS) is 8.29. The number of primary amides is 1. The number of carbonyl (C=O) groups is 1. The van der Waals surface area contributed by atoms with Crippen molar-refractivity contribution in [3.05, 3.63) is 6.92 Å². The average molecular weight is 103 g/mol. The molecule has 0 fully saturated rings. The standard InChI is InChI=1S/C3H7N2O2/c1-2-5(7)3(4)6/h7H,1-2H2,(H2,4,6). The van der Waals surface area contributed by atoms with E-state index in [-0.39, 0.29) is 6.54 Å². The Morgan fingerprint density at radius 2 is 2.43 bits per heavy atom. The lowest BCUT2D eigenvalue weighted by Crippen LogP contribution is -2.32. The minimum atomic E-state index is -0.880. The quantitative estimate of drug-likeness (QED) is 0.350. The van der Waals surface area contributed by atoms with Crippen LogP contribution >= 0.6 is 0 Å². The van der Waals surface area contributed by atoms with Gasteiger partial charge in [-0.3, -0.25) is 5.21 Å². The number of nitrogens with zero attached hydrogens (tertiary/aromatic N) is 1. The van der Waals surface area contributed by atoms with Crippen molar-refractivity contribution in [2.75, 3.05) is 6.54 Å². The second kappa shape index (κ2) is 2.41. The molecule has 0 rings (SSSR count). The van der Waals surface area contributed by atoms with E-state index in [1.807, 2.05) is 0 Å².